The average Bonchev–Trinajstić information content (AvgIpc) is 2.40. The van der Waals surface area contributed by atoms with Crippen molar-refractivity contribution in [2.75, 3.05) is 20.3 Å². The highest BCUT2D eigenvalue weighted by atomic mass is 127. The summed E-state index contributed by atoms with van der Waals surface area (Å²) in [5.74, 6) is 0.410. The van der Waals surface area contributed by atoms with Crippen molar-refractivity contribution in [1.29, 1.82) is 0 Å². The molecule has 1 aromatic rings. The highest BCUT2D eigenvalue weighted by molar-refractivity contribution is 14.0. The maximum absolute atomic E-state index is 6.07. The number of nitrogens with one attached hydrogen (secondary N) is 1. The molecule has 7 heteroatoms. The minimum absolute atomic E-state index is 0. The molecule has 0 aromatic heterocycles. The Balaban J connectivity index is 0.00000441. The van der Waals surface area contributed by atoms with Gasteiger partial charge in [-0.2, -0.15) is 0 Å². The van der Waals surface area contributed by atoms with Gasteiger partial charge in [-0.05, 0) is 24.6 Å². The van der Waals surface area contributed by atoms with Crippen molar-refractivity contribution in [2.45, 2.75) is 32.2 Å². The highest BCUT2D eigenvalue weighted by Gasteiger charge is 2.21. The second-order valence-corrected chi connectivity index (χ2v) is 6.53. The number of guanidine groups is 1. The van der Waals surface area contributed by atoms with Crippen LogP contribution in [-0.4, -0.2) is 32.3 Å². The van der Waals surface area contributed by atoms with Gasteiger partial charge < -0.3 is 15.8 Å². The number of ether oxygens (including phenoxy) is 1. The molecule has 1 aromatic carbocycles. The second kappa shape index (κ2) is 9.80. The zero-order valence-corrected chi connectivity index (χ0v) is 17.2. The Morgan fingerprint density at radius 2 is 2.00 bits per heavy atom. The third kappa shape index (κ3) is 6.89. The molecule has 0 aliphatic heterocycles. The number of nitrogens with two attached hydrogens (primary N) is 1. The first-order valence-electron chi connectivity index (χ1n) is 6.77. The molecule has 22 heavy (non-hydrogen) atoms. The fourth-order valence-electron chi connectivity index (χ4n) is 1.88. The Bertz CT molecular complexity index is 510. The summed E-state index contributed by atoms with van der Waals surface area (Å²) in [6, 6.07) is 5.75. The topological polar surface area (TPSA) is 59.6 Å². The molecule has 0 saturated carbocycles. The first kappa shape index (κ1) is 21.8. The number of nitrogens with zero attached hydrogens (tertiary/aromatic N) is 1. The highest BCUT2D eigenvalue weighted by Crippen LogP contribution is 2.30. The third-order valence-electron chi connectivity index (χ3n) is 3.16. The maximum atomic E-state index is 6.07. The Morgan fingerprint density at radius 1 is 1.36 bits per heavy atom. The van der Waals surface area contributed by atoms with Crippen LogP contribution >= 0.6 is 47.2 Å². The molecule has 126 valence electrons. The number of benzene rings is 1. The summed E-state index contributed by atoms with van der Waals surface area (Å²) in [5, 5.41) is 4.18. The van der Waals surface area contributed by atoms with E-state index in [1.54, 1.807) is 13.2 Å². The standard InChI is InChI=1S/C15H23Cl2N3O.HI/c1-10(8-21-4)20-14(18)19-9-15(2,3)11-5-6-12(16)13(17)7-11;/h5-7,10H,8-9H2,1-4H3,(H3,18,19,20);1H. The van der Waals surface area contributed by atoms with E-state index >= 15 is 0 Å². The lowest BCUT2D eigenvalue weighted by Gasteiger charge is -2.24. The summed E-state index contributed by atoms with van der Waals surface area (Å²) in [6.45, 7) is 7.27. The minimum atomic E-state index is -0.189. The van der Waals surface area contributed by atoms with Crippen LogP contribution in [0.4, 0.5) is 0 Å². The molecule has 0 radical (unpaired) electrons. The summed E-state index contributed by atoms with van der Waals surface area (Å²) in [6.07, 6.45) is 0. The fraction of sp³-hybridized carbons (Fsp3) is 0.533. The first-order valence-corrected chi connectivity index (χ1v) is 7.53. The molecule has 0 aliphatic carbocycles. The molecule has 0 heterocycles. The van der Waals surface area contributed by atoms with Gasteiger partial charge in [-0.3, -0.25) is 4.99 Å². The number of halogens is 3. The summed E-state index contributed by atoms with van der Waals surface area (Å²) in [5.41, 5.74) is 6.76. The van der Waals surface area contributed by atoms with Crippen LogP contribution in [0.15, 0.2) is 23.2 Å². The lowest BCUT2D eigenvalue weighted by molar-refractivity contribution is 0.179. The van der Waals surface area contributed by atoms with Gasteiger partial charge in [0.2, 0.25) is 0 Å². The van der Waals surface area contributed by atoms with Gasteiger partial charge in [0.15, 0.2) is 5.96 Å². The van der Waals surface area contributed by atoms with Crippen LogP contribution < -0.4 is 11.1 Å². The van der Waals surface area contributed by atoms with Gasteiger partial charge >= 0.3 is 0 Å². The molecule has 0 aliphatic rings. The molecule has 0 bridgehead atoms. The average molecular weight is 460 g/mol. The summed E-state index contributed by atoms with van der Waals surface area (Å²) >= 11 is 12.0. The van der Waals surface area contributed by atoms with Gasteiger partial charge in [-0.1, -0.05) is 43.1 Å². The van der Waals surface area contributed by atoms with E-state index in [2.05, 4.69) is 24.2 Å². The Kier molecular flexibility index (Phi) is 9.69. The number of rotatable bonds is 6. The van der Waals surface area contributed by atoms with Gasteiger partial charge in [0.05, 0.1) is 23.2 Å². The minimum Gasteiger partial charge on any atom is -0.383 e. The van der Waals surface area contributed by atoms with Crippen LogP contribution in [0, 0.1) is 0 Å². The lowest BCUT2D eigenvalue weighted by Crippen LogP contribution is -2.41. The quantitative estimate of drug-likeness (QED) is 0.386. The number of methoxy groups -OCH3 is 1. The van der Waals surface area contributed by atoms with Crippen LogP contribution in [0.2, 0.25) is 10.0 Å². The first-order chi connectivity index (χ1) is 9.76. The number of hydrogen-bond donors (Lipinski definition) is 2. The summed E-state index contributed by atoms with van der Waals surface area (Å²) in [4.78, 5) is 4.40. The van der Waals surface area contributed by atoms with Crippen molar-refractivity contribution in [3.8, 4) is 0 Å². The molecule has 1 rings (SSSR count). The van der Waals surface area contributed by atoms with Crippen LogP contribution in [0.3, 0.4) is 0 Å². The Morgan fingerprint density at radius 3 is 2.55 bits per heavy atom. The maximum Gasteiger partial charge on any atom is 0.188 e. The molecule has 4 nitrogen and oxygen atoms in total. The molecule has 1 atom stereocenters. The molecule has 3 N–H and O–H groups in total. The summed E-state index contributed by atoms with van der Waals surface area (Å²) in [7, 11) is 1.65. The van der Waals surface area contributed by atoms with Crippen molar-refractivity contribution >= 4 is 53.1 Å². The van der Waals surface area contributed by atoms with E-state index in [9.17, 15) is 0 Å². The zero-order chi connectivity index (χ0) is 16.0. The fourth-order valence-corrected chi connectivity index (χ4v) is 2.18. The van der Waals surface area contributed by atoms with E-state index in [1.165, 1.54) is 0 Å². The van der Waals surface area contributed by atoms with E-state index < -0.39 is 0 Å². The van der Waals surface area contributed by atoms with Crippen molar-refractivity contribution < 1.29 is 4.74 Å². The molecule has 0 amide bonds. The molecule has 0 spiro atoms. The Labute approximate surface area is 159 Å². The molecule has 0 fully saturated rings. The van der Waals surface area contributed by atoms with E-state index in [1.807, 2.05) is 19.1 Å². The predicted molar refractivity (Wildman–Crippen MR) is 106 cm³/mol. The van der Waals surface area contributed by atoms with Gasteiger partial charge in [0, 0.05) is 18.6 Å². The second-order valence-electron chi connectivity index (χ2n) is 5.71. The van der Waals surface area contributed by atoms with E-state index in [4.69, 9.17) is 33.7 Å². The zero-order valence-electron chi connectivity index (χ0n) is 13.3. The third-order valence-corrected chi connectivity index (χ3v) is 3.90. The van der Waals surface area contributed by atoms with Gasteiger partial charge in [0.25, 0.3) is 0 Å². The SMILES string of the molecule is COCC(C)NC(N)=NCC(C)(C)c1ccc(Cl)c(Cl)c1.I. The molecule has 1 unspecified atom stereocenters. The van der Waals surface area contributed by atoms with Crippen molar-refractivity contribution in [3.05, 3.63) is 33.8 Å². The van der Waals surface area contributed by atoms with Crippen LogP contribution in [0.5, 0.6) is 0 Å². The molecular formula is C15H24Cl2IN3O. The van der Waals surface area contributed by atoms with Crippen molar-refractivity contribution in [1.82, 2.24) is 5.32 Å². The van der Waals surface area contributed by atoms with E-state index in [0.717, 1.165) is 5.56 Å². The van der Waals surface area contributed by atoms with Crippen molar-refractivity contribution in [2.24, 2.45) is 10.7 Å². The van der Waals surface area contributed by atoms with Crippen LogP contribution in [0.1, 0.15) is 26.3 Å². The van der Waals surface area contributed by atoms with Crippen LogP contribution in [0.25, 0.3) is 0 Å². The predicted octanol–water partition coefficient (Wildman–Crippen LogP) is 3.83. The van der Waals surface area contributed by atoms with Crippen LogP contribution in [-0.2, 0) is 10.2 Å². The summed E-state index contributed by atoms with van der Waals surface area (Å²) < 4.78 is 5.04. The smallest absolute Gasteiger partial charge is 0.188 e. The largest absolute Gasteiger partial charge is 0.383 e. The monoisotopic (exact) mass is 459 g/mol. The van der Waals surface area contributed by atoms with E-state index in [0.29, 0.717) is 29.2 Å². The Hall–Kier alpha value is -0.240. The number of aliphatic imine (C=N–C) groups is 1. The van der Waals surface area contributed by atoms with Gasteiger partial charge in [0.1, 0.15) is 0 Å². The number of hydrogen-bond acceptors (Lipinski definition) is 2. The van der Waals surface area contributed by atoms with Crippen molar-refractivity contribution in [3.63, 3.8) is 0 Å². The lowest BCUT2D eigenvalue weighted by atomic mass is 9.85. The van der Waals surface area contributed by atoms with E-state index in [-0.39, 0.29) is 35.4 Å². The molecule has 0 saturated heterocycles. The van der Waals surface area contributed by atoms with Gasteiger partial charge in [-0.15, -0.1) is 24.0 Å². The molecular weight excluding hydrogens is 436 g/mol. The van der Waals surface area contributed by atoms with Gasteiger partial charge in [-0.25, -0.2) is 0 Å². The normalized spacial score (nSPS) is 13.5.